The van der Waals surface area contributed by atoms with Crippen LogP contribution < -0.4 is 10.6 Å². The van der Waals surface area contributed by atoms with Gasteiger partial charge in [0.1, 0.15) is 5.56 Å². The summed E-state index contributed by atoms with van der Waals surface area (Å²) in [5, 5.41) is 16.5. The van der Waals surface area contributed by atoms with Crippen molar-refractivity contribution in [2.24, 2.45) is 0 Å². The molecular weight excluding hydrogens is 324 g/mol. The van der Waals surface area contributed by atoms with Gasteiger partial charge >= 0.3 is 0 Å². The van der Waals surface area contributed by atoms with Crippen LogP contribution in [0.15, 0.2) is 18.2 Å². The first-order valence-corrected chi connectivity index (χ1v) is 7.47. The Bertz CT molecular complexity index is 631. The van der Waals surface area contributed by atoms with E-state index in [1.54, 1.807) is 11.9 Å². The minimum absolute atomic E-state index is 0.0301. The fourth-order valence-corrected chi connectivity index (χ4v) is 2.69. The SMILES string of the molecule is CN(C(=O)CNC(=O)c1c(Cl)cccc1[N+](=O)[O-])C1CCNC1. The Morgan fingerprint density at radius 2 is 2.26 bits per heavy atom. The average molecular weight is 341 g/mol. The zero-order chi connectivity index (χ0) is 17.0. The van der Waals surface area contributed by atoms with Gasteiger partial charge in [0.2, 0.25) is 5.91 Å². The van der Waals surface area contributed by atoms with Crippen molar-refractivity contribution in [3.8, 4) is 0 Å². The Labute approximate surface area is 137 Å². The fraction of sp³-hybridized carbons (Fsp3) is 0.429. The monoisotopic (exact) mass is 340 g/mol. The van der Waals surface area contributed by atoms with Crippen LogP contribution in [0.25, 0.3) is 0 Å². The molecule has 2 amide bonds. The summed E-state index contributed by atoms with van der Waals surface area (Å²) >= 11 is 5.88. The summed E-state index contributed by atoms with van der Waals surface area (Å²) in [6.07, 6.45) is 0.853. The van der Waals surface area contributed by atoms with E-state index in [4.69, 9.17) is 11.6 Å². The van der Waals surface area contributed by atoms with Crippen LogP contribution in [0.3, 0.4) is 0 Å². The first-order valence-electron chi connectivity index (χ1n) is 7.09. The van der Waals surface area contributed by atoms with Crippen molar-refractivity contribution in [1.82, 2.24) is 15.5 Å². The Kier molecular flexibility index (Phi) is 5.51. The molecule has 1 atom stereocenters. The summed E-state index contributed by atoms with van der Waals surface area (Å²) in [7, 11) is 1.67. The molecule has 0 aliphatic carbocycles. The Balaban J connectivity index is 2.02. The van der Waals surface area contributed by atoms with Crippen molar-refractivity contribution >= 4 is 29.1 Å². The Morgan fingerprint density at radius 1 is 1.52 bits per heavy atom. The lowest BCUT2D eigenvalue weighted by molar-refractivity contribution is -0.385. The predicted molar refractivity (Wildman–Crippen MR) is 84.5 cm³/mol. The molecule has 124 valence electrons. The number of benzene rings is 1. The van der Waals surface area contributed by atoms with Gasteiger partial charge in [0, 0.05) is 25.7 Å². The molecule has 1 aromatic rings. The second-order valence-electron chi connectivity index (χ2n) is 5.23. The van der Waals surface area contributed by atoms with Crippen LogP contribution in [0, 0.1) is 10.1 Å². The normalized spacial score (nSPS) is 16.9. The van der Waals surface area contributed by atoms with Crippen molar-refractivity contribution in [2.45, 2.75) is 12.5 Å². The number of carbonyl (C=O) groups excluding carboxylic acids is 2. The lowest BCUT2D eigenvalue weighted by Crippen LogP contribution is -2.44. The van der Waals surface area contributed by atoms with Gasteiger partial charge in [-0.2, -0.15) is 0 Å². The maximum atomic E-state index is 12.2. The second kappa shape index (κ2) is 7.38. The molecule has 1 aromatic carbocycles. The number of halogens is 1. The molecule has 0 bridgehead atoms. The van der Waals surface area contributed by atoms with Gasteiger partial charge in [0.15, 0.2) is 0 Å². The summed E-state index contributed by atoms with van der Waals surface area (Å²) in [6.45, 7) is 1.32. The summed E-state index contributed by atoms with van der Waals surface area (Å²) in [6, 6.07) is 4.07. The molecule has 1 aliphatic rings. The Hall–Kier alpha value is -2.19. The second-order valence-corrected chi connectivity index (χ2v) is 5.63. The molecule has 1 fully saturated rings. The number of amides is 2. The molecule has 8 nitrogen and oxygen atoms in total. The molecule has 0 saturated carbocycles. The maximum absolute atomic E-state index is 12.2. The van der Waals surface area contributed by atoms with Crippen molar-refractivity contribution < 1.29 is 14.5 Å². The number of nitrogens with one attached hydrogen (secondary N) is 2. The summed E-state index contributed by atoms with van der Waals surface area (Å²) in [5.41, 5.74) is -0.632. The van der Waals surface area contributed by atoms with Gasteiger partial charge in [-0.15, -0.1) is 0 Å². The van der Waals surface area contributed by atoms with Crippen LogP contribution in [0.5, 0.6) is 0 Å². The minimum atomic E-state index is -0.742. The molecule has 0 radical (unpaired) electrons. The fourth-order valence-electron chi connectivity index (χ4n) is 2.43. The highest BCUT2D eigenvalue weighted by molar-refractivity contribution is 6.34. The lowest BCUT2D eigenvalue weighted by atomic mass is 10.1. The molecule has 0 spiro atoms. The molecular formula is C14H17ClN4O4. The molecule has 1 unspecified atom stereocenters. The smallest absolute Gasteiger partial charge is 0.283 e. The number of hydrogen-bond acceptors (Lipinski definition) is 5. The molecule has 2 rings (SSSR count). The largest absolute Gasteiger partial charge is 0.343 e. The molecule has 0 aromatic heterocycles. The number of nitro benzene ring substituents is 1. The first-order chi connectivity index (χ1) is 10.9. The van der Waals surface area contributed by atoms with Gasteiger partial charge in [-0.3, -0.25) is 19.7 Å². The third-order valence-electron chi connectivity index (χ3n) is 3.79. The molecule has 1 aliphatic heterocycles. The molecule has 9 heteroatoms. The van der Waals surface area contributed by atoms with Crippen LogP contribution in [-0.2, 0) is 4.79 Å². The highest BCUT2D eigenvalue weighted by atomic mass is 35.5. The number of hydrogen-bond donors (Lipinski definition) is 2. The van der Waals surface area contributed by atoms with E-state index in [1.165, 1.54) is 18.2 Å². The van der Waals surface area contributed by atoms with Gasteiger partial charge in [0.25, 0.3) is 11.6 Å². The van der Waals surface area contributed by atoms with E-state index in [2.05, 4.69) is 10.6 Å². The van der Waals surface area contributed by atoms with Crippen molar-refractivity contribution in [3.05, 3.63) is 38.9 Å². The van der Waals surface area contributed by atoms with E-state index in [1.807, 2.05) is 0 Å². The summed E-state index contributed by atoms with van der Waals surface area (Å²) in [5.74, 6) is -1.00. The first kappa shape index (κ1) is 17.2. The van der Waals surface area contributed by atoms with Gasteiger partial charge in [-0.05, 0) is 19.0 Å². The van der Waals surface area contributed by atoms with E-state index >= 15 is 0 Å². The van der Waals surface area contributed by atoms with Crippen molar-refractivity contribution in [1.29, 1.82) is 0 Å². The number of nitrogens with zero attached hydrogens (tertiary/aromatic N) is 2. The predicted octanol–water partition coefficient (Wildman–Crippen LogP) is 0.798. The zero-order valence-electron chi connectivity index (χ0n) is 12.5. The topological polar surface area (TPSA) is 105 Å². The molecule has 2 N–H and O–H groups in total. The molecule has 1 heterocycles. The number of nitro groups is 1. The van der Waals surface area contributed by atoms with E-state index in [0.717, 1.165) is 13.0 Å². The number of carbonyl (C=O) groups is 2. The van der Waals surface area contributed by atoms with Gasteiger partial charge < -0.3 is 15.5 Å². The molecule has 1 saturated heterocycles. The van der Waals surface area contributed by atoms with Crippen molar-refractivity contribution in [2.75, 3.05) is 26.7 Å². The highest BCUT2D eigenvalue weighted by Crippen LogP contribution is 2.25. The maximum Gasteiger partial charge on any atom is 0.283 e. The average Bonchev–Trinajstić information content (AvgIpc) is 3.05. The number of likely N-dealkylation sites (N-methyl/N-ethyl adjacent to an activating group) is 1. The zero-order valence-corrected chi connectivity index (χ0v) is 13.3. The van der Waals surface area contributed by atoms with Crippen LogP contribution in [-0.4, -0.2) is 54.4 Å². The van der Waals surface area contributed by atoms with E-state index in [0.29, 0.717) is 6.54 Å². The standard InChI is InChI=1S/C14H17ClN4O4/c1-18(9-5-6-16-7-9)12(20)8-17-14(21)13-10(15)3-2-4-11(13)19(22)23/h2-4,9,16H,5-8H2,1H3,(H,17,21). The van der Waals surface area contributed by atoms with E-state index in [9.17, 15) is 19.7 Å². The van der Waals surface area contributed by atoms with Crippen LogP contribution >= 0.6 is 11.6 Å². The quantitative estimate of drug-likeness (QED) is 0.609. The third-order valence-corrected chi connectivity index (χ3v) is 4.11. The minimum Gasteiger partial charge on any atom is -0.343 e. The Morgan fingerprint density at radius 3 is 2.87 bits per heavy atom. The van der Waals surface area contributed by atoms with Crippen LogP contribution in [0.1, 0.15) is 16.8 Å². The highest BCUT2D eigenvalue weighted by Gasteiger charge is 2.26. The lowest BCUT2D eigenvalue weighted by Gasteiger charge is -2.23. The number of rotatable bonds is 5. The van der Waals surface area contributed by atoms with E-state index < -0.39 is 16.5 Å². The van der Waals surface area contributed by atoms with Gasteiger partial charge in [-0.25, -0.2) is 0 Å². The third kappa shape index (κ3) is 3.96. The summed E-state index contributed by atoms with van der Waals surface area (Å²) in [4.78, 5) is 36.1. The summed E-state index contributed by atoms with van der Waals surface area (Å²) < 4.78 is 0. The van der Waals surface area contributed by atoms with Gasteiger partial charge in [-0.1, -0.05) is 17.7 Å². The van der Waals surface area contributed by atoms with E-state index in [-0.39, 0.29) is 29.1 Å². The van der Waals surface area contributed by atoms with Crippen LogP contribution in [0.4, 0.5) is 5.69 Å². The van der Waals surface area contributed by atoms with Crippen molar-refractivity contribution in [3.63, 3.8) is 0 Å². The van der Waals surface area contributed by atoms with Crippen LogP contribution in [0.2, 0.25) is 5.02 Å². The van der Waals surface area contributed by atoms with Gasteiger partial charge in [0.05, 0.1) is 16.5 Å². The molecule has 23 heavy (non-hydrogen) atoms.